The van der Waals surface area contributed by atoms with Gasteiger partial charge in [0.15, 0.2) is 11.1 Å². The summed E-state index contributed by atoms with van der Waals surface area (Å²) in [5, 5.41) is 0. The normalized spacial score (nSPS) is 11.7. The van der Waals surface area contributed by atoms with E-state index in [-0.39, 0.29) is 16.9 Å². The molecule has 98 valence electrons. The van der Waals surface area contributed by atoms with Gasteiger partial charge in [-0.2, -0.15) is 0 Å². The molecule has 18 heavy (non-hydrogen) atoms. The Morgan fingerprint density at radius 1 is 1.11 bits per heavy atom. The summed E-state index contributed by atoms with van der Waals surface area (Å²) in [4.78, 5) is 22.8. The van der Waals surface area contributed by atoms with Crippen LogP contribution in [0.2, 0.25) is 0 Å². The van der Waals surface area contributed by atoms with Gasteiger partial charge in [0.25, 0.3) is 0 Å². The monoisotopic (exact) mass is 272 g/mol. The molecule has 1 aromatic carbocycles. The fourth-order valence-corrected chi connectivity index (χ4v) is 1.84. The number of carbonyl (C=O) groups is 2. The predicted octanol–water partition coefficient (Wildman–Crippen LogP) is 0.982. The molecule has 0 aromatic heterocycles. The second kappa shape index (κ2) is 6.27. The molecule has 0 aliphatic rings. The molecule has 1 aromatic rings. The molecule has 0 aliphatic carbocycles. The van der Waals surface area contributed by atoms with Crippen molar-refractivity contribution in [1.82, 2.24) is 0 Å². The summed E-state index contributed by atoms with van der Waals surface area (Å²) >= 11 is -2.07. The molecular weight excluding hydrogens is 260 g/mol. The highest BCUT2D eigenvalue weighted by Gasteiger charge is 2.14. The lowest BCUT2D eigenvalue weighted by Crippen LogP contribution is -2.08. The Kier molecular flexibility index (Phi) is 4.99. The Labute approximate surface area is 106 Å². The highest BCUT2D eigenvalue weighted by Crippen LogP contribution is 2.14. The van der Waals surface area contributed by atoms with Gasteiger partial charge in [-0.3, -0.25) is 0 Å². The molecule has 1 atom stereocenters. The Morgan fingerprint density at radius 3 is 1.89 bits per heavy atom. The van der Waals surface area contributed by atoms with Crippen LogP contribution in [0, 0.1) is 0 Å². The first-order valence-electron chi connectivity index (χ1n) is 4.86. The lowest BCUT2D eigenvalue weighted by molar-refractivity contribution is 0.0599. The maximum Gasteiger partial charge on any atom is 0.337 e. The molecule has 0 aliphatic heterocycles. The summed E-state index contributed by atoms with van der Waals surface area (Å²) in [5.41, 5.74) is 0.626. The molecule has 0 heterocycles. The van der Waals surface area contributed by atoms with E-state index < -0.39 is 23.0 Å². The van der Waals surface area contributed by atoms with E-state index in [1.165, 1.54) is 32.4 Å². The Morgan fingerprint density at radius 2 is 1.56 bits per heavy atom. The van der Waals surface area contributed by atoms with Gasteiger partial charge in [0.05, 0.1) is 31.1 Å². The van der Waals surface area contributed by atoms with E-state index in [1.54, 1.807) is 0 Å². The van der Waals surface area contributed by atoms with Crippen LogP contribution in [-0.4, -0.2) is 34.9 Å². The minimum absolute atomic E-state index is 0.126. The average molecular weight is 272 g/mol. The summed E-state index contributed by atoms with van der Waals surface area (Å²) in [5.74, 6) is -1.45. The van der Waals surface area contributed by atoms with Crippen LogP contribution in [0.3, 0.4) is 0 Å². The first kappa shape index (κ1) is 14.3. The summed E-state index contributed by atoms with van der Waals surface area (Å²) in [6, 6.07) is 4.10. The molecule has 0 bridgehead atoms. The maximum absolute atomic E-state index is 11.4. The first-order chi connectivity index (χ1) is 8.47. The van der Waals surface area contributed by atoms with Gasteiger partial charge in [-0.15, -0.1) is 0 Å². The number of hydrogen-bond donors (Lipinski definition) is 1. The third-order valence-corrected chi connectivity index (χ3v) is 2.71. The number of methoxy groups -OCH3 is 2. The third-order valence-electron chi connectivity index (χ3n) is 2.13. The van der Waals surface area contributed by atoms with Crippen LogP contribution in [0.1, 0.15) is 26.3 Å². The van der Waals surface area contributed by atoms with Gasteiger partial charge < -0.3 is 14.0 Å². The fraction of sp³-hybridized carbons (Fsp3) is 0.273. The number of esters is 2. The van der Waals surface area contributed by atoms with Gasteiger partial charge in [0.2, 0.25) is 0 Å². The lowest BCUT2D eigenvalue weighted by atomic mass is 10.1. The van der Waals surface area contributed by atoms with E-state index in [1.807, 2.05) is 0 Å². The fourth-order valence-electron chi connectivity index (χ4n) is 1.39. The number of benzene rings is 1. The molecular formula is C11H12O6S. The van der Waals surface area contributed by atoms with Crippen LogP contribution in [0.4, 0.5) is 0 Å². The smallest absolute Gasteiger partial charge is 0.337 e. The van der Waals surface area contributed by atoms with Crippen molar-refractivity contribution in [2.24, 2.45) is 0 Å². The quantitative estimate of drug-likeness (QED) is 0.649. The van der Waals surface area contributed by atoms with Crippen LogP contribution < -0.4 is 0 Å². The minimum atomic E-state index is -2.07. The predicted molar refractivity (Wildman–Crippen MR) is 63.6 cm³/mol. The molecule has 1 unspecified atom stereocenters. The third kappa shape index (κ3) is 3.64. The summed E-state index contributed by atoms with van der Waals surface area (Å²) in [6.07, 6.45) is 0. The van der Waals surface area contributed by atoms with Crippen molar-refractivity contribution in [2.45, 2.75) is 5.75 Å². The SMILES string of the molecule is COC(=O)c1cc(CS(=O)O)cc(C(=O)OC)c1. The number of rotatable bonds is 4. The Balaban J connectivity index is 3.23. The summed E-state index contributed by atoms with van der Waals surface area (Å²) in [6.45, 7) is 0. The van der Waals surface area contributed by atoms with E-state index in [0.29, 0.717) is 5.56 Å². The topological polar surface area (TPSA) is 89.9 Å². The van der Waals surface area contributed by atoms with Gasteiger partial charge in [-0.25, -0.2) is 13.8 Å². The van der Waals surface area contributed by atoms with Crippen molar-refractivity contribution in [3.8, 4) is 0 Å². The van der Waals surface area contributed by atoms with Crippen LogP contribution in [0.15, 0.2) is 18.2 Å². The van der Waals surface area contributed by atoms with E-state index in [0.717, 1.165) is 0 Å². The second-order valence-electron chi connectivity index (χ2n) is 3.37. The van der Waals surface area contributed by atoms with Crippen molar-refractivity contribution >= 4 is 23.0 Å². The van der Waals surface area contributed by atoms with E-state index in [4.69, 9.17) is 4.55 Å². The van der Waals surface area contributed by atoms with E-state index >= 15 is 0 Å². The molecule has 1 N–H and O–H groups in total. The Hall–Kier alpha value is -1.73. The van der Waals surface area contributed by atoms with Gasteiger partial charge in [-0.1, -0.05) is 0 Å². The van der Waals surface area contributed by atoms with Gasteiger partial charge in [0.1, 0.15) is 0 Å². The van der Waals surface area contributed by atoms with Crippen LogP contribution >= 0.6 is 0 Å². The average Bonchev–Trinajstić information content (AvgIpc) is 2.35. The van der Waals surface area contributed by atoms with Crippen molar-refractivity contribution in [3.05, 3.63) is 34.9 Å². The lowest BCUT2D eigenvalue weighted by Gasteiger charge is -2.06. The van der Waals surface area contributed by atoms with Crippen LogP contribution in [0.5, 0.6) is 0 Å². The van der Waals surface area contributed by atoms with Crippen molar-refractivity contribution < 1.29 is 27.8 Å². The molecule has 0 amide bonds. The minimum Gasteiger partial charge on any atom is -0.465 e. The molecule has 0 radical (unpaired) electrons. The van der Waals surface area contributed by atoms with E-state index in [2.05, 4.69) is 9.47 Å². The first-order valence-corrected chi connectivity index (χ1v) is 6.13. The standard InChI is InChI=1S/C11H12O6S/c1-16-10(12)8-3-7(6-18(14)15)4-9(5-8)11(13)17-2/h3-5H,6H2,1-2H3,(H,14,15). The van der Waals surface area contributed by atoms with Gasteiger partial charge >= 0.3 is 11.9 Å². The Bertz CT molecular complexity index is 462. The van der Waals surface area contributed by atoms with Crippen LogP contribution in [0.25, 0.3) is 0 Å². The van der Waals surface area contributed by atoms with Crippen molar-refractivity contribution in [3.63, 3.8) is 0 Å². The largest absolute Gasteiger partial charge is 0.465 e. The summed E-state index contributed by atoms with van der Waals surface area (Å²) < 4.78 is 28.6. The number of ether oxygens (including phenoxy) is 2. The van der Waals surface area contributed by atoms with Crippen LogP contribution in [-0.2, 0) is 26.3 Å². The number of hydrogen-bond acceptors (Lipinski definition) is 5. The highest BCUT2D eigenvalue weighted by atomic mass is 32.2. The van der Waals surface area contributed by atoms with Crippen molar-refractivity contribution in [1.29, 1.82) is 0 Å². The number of carbonyl (C=O) groups excluding carboxylic acids is 2. The van der Waals surface area contributed by atoms with Crippen molar-refractivity contribution in [2.75, 3.05) is 14.2 Å². The van der Waals surface area contributed by atoms with E-state index in [9.17, 15) is 13.8 Å². The van der Waals surface area contributed by atoms with Gasteiger partial charge in [0, 0.05) is 0 Å². The zero-order valence-electron chi connectivity index (χ0n) is 9.84. The molecule has 0 spiro atoms. The summed E-state index contributed by atoms with van der Waals surface area (Å²) in [7, 11) is 2.41. The molecule has 7 heteroatoms. The zero-order valence-corrected chi connectivity index (χ0v) is 10.7. The molecule has 6 nitrogen and oxygen atoms in total. The highest BCUT2D eigenvalue weighted by molar-refractivity contribution is 7.78. The van der Waals surface area contributed by atoms with Gasteiger partial charge in [-0.05, 0) is 23.8 Å². The molecule has 0 fully saturated rings. The second-order valence-corrected chi connectivity index (χ2v) is 4.30. The molecule has 0 saturated heterocycles. The zero-order chi connectivity index (χ0) is 13.7. The maximum atomic E-state index is 11.4. The molecule has 1 rings (SSSR count). The molecule has 0 saturated carbocycles.